The molecule has 0 fully saturated rings. The van der Waals surface area contributed by atoms with E-state index in [0.717, 1.165) is 27.8 Å². The van der Waals surface area contributed by atoms with Crippen LogP contribution >= 0.6 is 11.6 Å². The van der Waals surface area contributed by atoms with Crippen LogP contribution in [0.2, 0.25) is 5.02 Å². The highest BCUT2D eigenvalue weighted by molar-refractivity contribution is 6.32. The number of halogens is 1. The molecule has 0 radical (unpaired) electrons. The Morgan fingerprint density at radius 2 is 2.00 bits per heavy atom. The van der Waals surface area contributed by atoms with E-state index < -0.39 is 12.0 Å². The number of aryl methyl sites for hydroxylation is 1. The van der Waals surface area contributed by atoms with Gasteiger partial charge in [0, 0.05) is 23.3 Å². The number of carbonyl (C=O) groups excluding carboxylic acids is 1. The Morgan fingerprint density at radius 3 is 2.74 bits per heavy atom. The lowest BCUT2D eigenvalue weighted by Gasteiger charge is -2.12. The van der Waals surface area contributed by atoms with Gasteiger partial charge in [0.2, 0.25) is 5.91 Å². The number of carbonyl (C=O) groups is 1. The van der Waals surface area contributed by atoms with Crippen molar-refractivity contribution in [3.8, 4) is 11.5 Å². The molecule has 2 aromatic carbocycles. The molecular formula is C26H24ClN5O3. The van der Waals surface area contributed by atoms with E-state index in [1.54, 1.807) is 24.4 Å². The van der Waals surface area contributed by atoms with Crippen molar-refractivity contribution in [2.45, 2.75) is 20.0 Å². The van der Waals surface area contributed by atoms with Crippen molar-refractivity contribution in [3.63, 3.8) is 0 Å². The van der Waals surface area contributed by atoms with Crippen LogP contribution in [0, 0.1) is 6.92 Å². The minimum Gasteiger partial charge on any atom is -0.454 e. The minimum absolute atomic E-state index is 0.309. The van der Waals surface area contributed by atoms with Gasteiger partial charge in [-0.05, 0) is 61.9 Å². The molecule has 0 spiro atoms. The van der Waals surface area contributed by atoms with Crippen molar-refractivity contribution >= 4 is 46.0 Å². The summed E-state index contributed by atoms with van der Waals surface area (Å²) in [6.45, 7) is 3.64. The van der Waals surface area contributed by atoms with Crippen LogP contribution in [0.4, 0.5) is 11.5 Å². The summed E-state index contributed by atoms with van der Waals surface area (Å²) in [5.74, 6) is 1.33. The monoisotopic (exact) mass is 489 g/mol. The van der Waals surface area contributed by atoms with Crippen LogP contribution in [0.15, 0.2) is 67.1 Å². The maximum Gasteiger partial charge on any atom is 0.248 e. The smallest absolute Gasteiger partial charge is 0.248 e. The Bertz CT molecular complexity index is 1370. The molecule has 9 heteroatoms. The molecule has 3 N–H and O–H groups in total. The van der Waals surface area contributed by atoms with E-state index in [2.05, 4.69) is 25.6 Å². The lowest BCUT2D eigenvalue weighted by atomic mass is 10.1. The van der Waals surface area contributed by atoms with Crippen molar-refractivity contribution in [3.05, 3.63) is 83.4 Å². The summed E-state index contributed by atoms with van der Waals surface area (Å²) in [7, 11) is 0. The van der Waals surface area contributed by atoms with Gasteiger partial charge < -0.3 is 20.5 Å². The third kappa shape index (κ3) is 6.32. The van der Waals surface area contributed by atoms with Gasteiger partial charge in [0.1, 0.15) is 29.7 Å². The largest absolute Gasteiger partial charge is 0.454 e. The van der Waals surface area contributed by atoms with Crippen LogP contribution in [0.5, 0.6) is 11.5 Å². The summed E-state index contributed by atoms with van der Waals surface area (Å²) < 4.78 is 5.83. The van der Waals surface area contributed by atoms with E-state index in [9.17, 15) is 9.90 Å². The molecule has 8 nitrogen and oxygen atoms in total. The molecule has 1 unspecified atom stereocenters. The maximum atomic E-state index is 11.5. The molecule has 4 rings (SSSR count). The lowest BCUT2D eigenvalue weighted by molar-refractivity contribution is -0.128. The van der Waals surface area contributed by atoms with Crippen LogP contribution in [-0.4, -0.2) is 38.6 Å². The fourth-order valence-electron chi connectivity index (χ4n) is 3.22. The summed E-state index contributed by atoms with van der Waals surface area (Å²) in [4.78, 5) is 24.4. The molecule has 0 aliphatic heterocycles. The first-order chi connectivity index (χ1) is 16.9. The van der Waals surface area contributed by atoms with Crippen molar-refractivity contribution in [2.24, 2.45) is 0 Å². The topological polar surface area (TPSA) is 109 Å². The highest BCUT2D eigenvalue weighted by atomic mass is 35.5. The minimum atomic E-state index is -1.04. The highest BCUT2D eigenvalue weighted by Gasteiger charge is 2.09. The van der Waals surface area contributed by atoms with Crippen LogP contribution in [0.3, 0.4) is 0 Å². The second kappa shape index (κ2) is 10.9. The molecule has 1 atom stereocenters. The van der Waals surface area contributed by atoms with E-state index in [1.165, 1.54) is 13.3 Å². The molecule has 0 saturated carbocycles. The third-order valence-corrected chi connectivity index (χ3v) is 5.35. The molecule has 35 heavy (non-hydrogen) atoms. The molecule has 4 aromatic rings. The van der Waals surface area contributed by atoms with E-state index in [1.807, 2.05) is 49.4 Å². The normalized spacial score (nSPS) is 12.0. The standard InChI is InChI=1S/C26H24ClN5O3/c1-16-5-8-20(14-29-16)35-24-10-7-19(13-22(24)27)32-25-21-12-18(6-9-23(21)30-15-31-25)4-3-11-28-26(34)17(2)33/h3-10,12-15,17,33H,11H2,1-2H3,(H,28,34)(H,30,31,32). The number of nitrogens with zero attached hydrogens (tertiary/aromatic N) is 3. The van der Waals surface area contributed by atoms with E-state index in [0.29, 0.717) is 28.9 Å². The van der Waals surface area contributed by atoms with Gasteiger partial charge in [0.05, 0.1) is 16.7 Å². The fourth-order valence-corrected chi connectivity index (χ4v) is 3.44. The van der Waals surface area contributed by atoms with Crippen LogP contribution < -0.4 is 15.4 Å². The lowest BCUT2D eigenvalue weighted by Crippen LogP contribution is -2.32. The third-order valence-electron chi connectivity index (χ3n) is 5.05. The number of amides is 1. The number of pyridine rings is 1. The number of aromatic nitrogens is 3. The number of benzene rings is 2. The zero-order valence-corrected chi connectivity index (χ0v) is 20.0. The number of aliphatic hydroxyl groups excluding tert-OH is 1. The van der Waals surface area contributed by atoms with Gasteiger partial charge in [-0.1, -0.05) is 29.8 Å². The zero-order valence-electron chi connectivity index (χ0n) is 19.2. The average Bonchev–Trinajstić information content (AvgIpc) is 2.85. The van der Waals surface area contributed by atoms with Crippen LogP contribution in [0.25, 0.3) is 17.0 Å². The molecule has 0 saturated heterocycles. The first-order valence-corrected chi connectivity index (χ1v) is 11.3. The number of hydrogen-bond donors (Lipinski definition) is 3. The van der Waals surface area contributed by atoms with Gasteiger partial charge in [0.25, 0.3) is 0 Å². The Labute approximate surface area is 207 Å². The maximum absolute atomic E-state index is 11.5. The SMILES string of the molecule is Cc1ccc(Oc2ccc(Nc3ncnc4ccc(C=CCNC(=O)C(C)O)cc34)cc2Cl)cn1. The van der Waals surface area contributed by atoms with Crippen LogP contribution in [-0.2, 0) is 4.79 Å². The summed E-state index contributed by atoms with van der Waals surface area (Å²) >= 11 is 6.46. The molecule has 0 bridgehead atoms. The average molecular weight is 490 g/mol. The number of nitrogens with one attached hydrogen (secondary N) is 2. The Hall–Kier alpha value is -4.01. The highest BCUT2D eigenvalue weighted by Crippen LogP contribution is 2.33. The summed E-state index contributed by atoms with van der Waals surface area (Å²) in [6.07, 6.45) is 5.79. The number of aliphatic hydroxyl groups is 1. The molecule has 2 aromatic heterocycles. The van der Waals surface area contributed by atoms with Gasteiger partial charge in [-0.2, -0.15) is 0 Å². The summed E-state index contributed by atoms with van der Waals surface area (Å²) in [5, 5.41) is 16.4. The summed E-state index contributed by atoms with van der Waals surface area (Å²) in [5.41, 5.74) is 3.34. The van der Waals surface area contributed by atoms with Crippen molar-refractivity contribution in [1.82, 2.24) is 20.3 Å². The number of hydrogen-bond acceptors (Lipinski definition) is 7. The molecule has 1 amide bonds. The van der Waals surface area contributed by atoms with E-state index in [-0.39, 0.29) is 0 Å². The van der Waals surface area contributed by atoms with Crippen molar-refractivity contribution in [1.29, 1.82) is 0 Å². The first kappa shape index (κ1) is 24.1. The van der Waals surface area contributed by atoms with Gasteiger partial charge >= 0.3 is 0 Å². The van der Waals surface area contributed by atoms with Gasteiger partial charge in [-0.3, -0.25) is 9.78 Å². The molecule has 2 heterocycles. The van der Waals surface area contributed by atoms with E-state index in [4.69, 9.17) is 16.3 Å². The number of anilines is 2. The Morgan fingerprint density at radius 1 is 1.14 bits per heavy atom. The number of ether oxygens (including phenoxy) is 1. The van der Waals surface area contributed by atoms with Crippen LogP contribution in [0.1, 0.15) is 18.2 Å². The Kier molecular flexibility index (Phi) is 7.54. The van der Waals surface area contributed by atoms with Gasteiger partial charge in [0.15, 0.2) is 0 Å². The predicted molar refractivity (Wildman–Crippen MR) is 137 cm³/mol. The van der Waals surface area contributed by atoms with Gasteiger partial charge in [-0.25, -0.2) is 9.97 Å². The second-order valence-electron chi connectivity index (χ2n) is 7.83. The molecule has 178 valence electrons. The van der Waals surface area contributed by atoms with Crippen molar-refractivity contribution < 1.29 is 14.6 Å². The van der Waals surface area contributed by atoms with Gasteiger partial charge in [-0.15, -0.1) is 0 Å². The Balaban J connectivity index is 1.50. The predicted octanol–water partition coefficient (Wildman–Crippen LogP) is 5.03. The molecule has 0 aliphatic rings. The fraction of sp³-hybridized carbons (Fsp3) is 0.154. The quantitative estimate of drug-likeness (QED) is 0.318. The number of fused-ring (bicyclic) bond motifs is 1. The second-order valence-corrected chi connectivity index (χ2v) is 8.24. The summed E-state index contributed by atoms with van der Waals surface area (Å²) in [6, 6.07) is 14.9. The first-order valence-electron chi connectivity index (χ1n) is 10.9. The zero-order chi connectivity index (χ0) is 24.8. The number of rotatable bonds is 8. The molecular weight excluding hydrogens is 466 g/mol. The van der Waals surface area contributed by atoms with Crippen molar-refractivity contribution in [2.75, 3.05) is 11.9 Å². The van der Waals surface area contributed by atoms with E-state index >= 15 is 0 Å². The molecule has 0 aliphatic carbocycles.